The van der Waals surface area contributed by atoms with E-state index in [4.69, 9.17) is 16.3 Å². The summed E-state index contributed by atoms with van der Waals surface area (Å²) in [6.07, 6.45) is 4.75. The maximum absolute atomic E-state index is 12.7. The third-order valence-electron chi connectivity index (χ3n) is 4.54. The molecule has 134 valence electrons. The van der Waals surface area contributed by atoms with Crippen LogP contribution in [0.3, 0.4) is 0 Å². The first kappa shape index (κ1) is 18.2. The molecule has 0 bridgehead atoms. The summed E-state index contributed by atoms with van der Waals surface area (Å²) in [5.41, 5.74) is 3.35. The molecule has 0 saturated heterocycles. The van der Waals surface area contributed by atoms with Crippen LogP contribution in [0.2, 0.25) is 5.02 Å². The Kier molecular flexibility index (Phi) is 5.67. The standard InChI is InChI=1S/C19H22ClNO3S/c1-24-18-12-15-4-2-3-5-16(15)13-19(18)25(22,23)21-11-10-14-6-8-17(20)9-7-14/h6-9,12-13,21H,2-5,10-11H2,1H3. The smallest absolute Gasteiger partial charge is 0.244 e. The highest BCUT2D eigenvalue weighted by atomic mass is 35.5. The summed E-state index contributed by atoms with van der Waals surface area (Å²) < 4.78 is 33.5. The Morgan fingerprint density at radius 1 is 1.08 bits per heavy atom. The summed E-state index contributed by atoms with van der Waals surface area (Å²) in [5, 5.41) is 0.670. The van der Waals surface area contributed by atoms with Gasteiger partial charge in [-0.05, 0) is 73.1 Å². The maximum atomic E-state index is 12.7. The van der Waals surface area contributed by atoms with E-state index in [2.05, 4.69) is 4.72 Å². The Balaban J connectivity index is 1.76. The number of hydrogen-bond donors (Lipinski definition) is 1. The molecule has 3 rings (SSSR count). The molecule has 1 aliphatic rings. The topological polar surface area (TPSA) is 55.4 Å². The molecular weight excluding hydrogens is 358 g/mol. The lowest BCUT2D eigenvalue weighted by Crippen LogP contribution is -2.26. The van der Waals surface area contributed by atoms with E-state index in [1.807, 2.05) is 18.2 Å². The van der Waals surface area contributed by atoms with E-state index < -0.39 is 10.0 Å². The Hall–Kier alpha value is -1.56. The van der Waals surface area contributed by atoms with E-state index >= 15 is 0 Å². The third-order valence-corrected chi connectivity index (χ3v) is 6.27. The normalized spacial score (nSPS) is 14.2. The second-order valence-corrected chi connectivity index (χ2v) is 8.42. The molecule has 1 aliphatic carbocycles. The molecular formula is C19H22ClNO3S. The van der Waals surface area contributed by atoms with Crippen molar-refractivity contribution in [2.45, 2.75) is 37.0 Å². The van der Waals surface area contributed by atoms with Gasteiger partial charge >= 0.3 is 0 Å². The second-order valence-electron chi connectivity index (χ2n) is 6.25. The molecule has 25 heavy (non-hydrogen) atoms. The number of fused-ring (bicyclic) bond motifs is 1. The fraction of sp³-hybridized carbons (Fsp3) is 0.368. The minimum absolute atomic E-state index is 0.228. The first-order chi connectivity index (χ1) is 12.0. The molecule has 0 fully saturated rings. The van der Waals surface area contributed by atoms with Gasteiger partial charge in [0.1, 0.15) is 10.6 Å². The first-order valence-corrected chi connectivity index (χ1v) is 10.3. The van der Waals surface area contributed by atoms with Crippen molar-refractivity contribution in [3.05, 3.63) is 58.1 Å². The van der Waals surface area contributed by atoms with E-state index in [-0.39, 0.29) is 4.90 Å². The molecule has 0 heterocycles. The lowest BCUT2D eigenvalue weighted by Gasteiger charge is -2.19. The molecule has 0 spiro atoms. The van der Waals surface area contributed by atoms with Crippen LogP contribution in [0.4, 0.5) is 0 Å². The Labute approximate surface area is 154 Å². The summed E-state index contributed by atoms with van der Waals surface area (Å²) in [7, 11) is -2.10. The van der Waals surface area contributed by atoms with E-state index in [1.165, 1.54) is 12.7 Å². The quantitative estimate of drug-likeness (QED) is 0.831. The molecule has 1 N–H and O–H groups in total. The number of rotatable bonds is 6. The lowest BCUT2D eigenvalue weighted by molar-refractivity contribution is 0.401. The molecule has 6 heteroatoms. The number of halogens is 1. The fourth-order valence-corrected chi connectivity index (χ4v) is 4.53. The summed E-state index contributed by atoms with van der Waals surface area (Å²) in [6, 6.07) is 11.1. The molecule has 0 amide bonds. The summed E-state index contributed by atoms with van der Waals surface area (Å²) in [6.45, 7) is 0.324. The van der Waals surface area contributed by atoms with Crippen molar-refractivity contribution >= 4 is 21.6 Å². The van der Waals surface area contributed by atoms with Crippen molar-refractivity contribution in [2.75, 3.05) is 13.7 Å². The zero-order chi connectivity index (χ0) is 17.9. The van der Waals surface area contributed by atoms with E-state index in [9.17, 15) is 8.42 Å². The van der Waals surface area contributed by atoms with Crippen LogP contribution in [0.25, 0.3) is 0 Å². The molecule has 0 atom stereocenters. The number of sulfonamides is 1. The third kappa shape index (κ3) is 4.35. The van der Waals surface area contributed by atoms with E-state index in [1.54, 1.807) is 18.2 Å². The minimum Gasteiger partial charge on any atom is -0.495 e. The zero-order valence-electron chi connectivity index (χ0n) is 14.2. The van der Waals surface area contributed by atoms with Gasteiger partial charge in [-0.1, -0.05) is 23.7 Å². The van der Waals surface area contributed by atoms with Gasteiger partial charge in [0, 0.05) is 11.6 Å². The molecule has 0 radical (unpaired) electrons. The second kappa shape index (κ2) is 7.77. The van der Waals surface area contributed by atoms with Gasteiger partial charge in [-0.25, -0.2) is 13.1 Å². The van der Waals surface area contributed by atoms with Crippen LogP contribution in [0.15, 0.2) is 41.3 Å². The van der Waals surface area contributed by atoms with Gasteiger partial charge in [0.25, 0.3) is 0 Å². The monoisotopic (exact) mass is 379 g/mol. The van der Waals surface area contributed by atoms with Crippen molar-refractivity contribution < 1.29 is 13.2 Å². The molecule has 4 nitrogen and oxygen atoms in total. The molecule has 0 aromatic heterocycles. The Morgan fingerprint density at radius 2 is 1.72 bits per heavy atom. The maximum Gasteiger partial charge on any atom is 0.244 e. The molecule has 0 unspecified atom stereocenters. The number of nitrogens with one attached hydrogen (secondary N) is 1. The van der Waals surface area contributed by atoms with Crippen LogP contribution in [-0.2, 0) is 29.3 Å². The van der Waals surface area contributed by atoms with Gasteiger partial charge < -0.3 is 4.74 Å². The molecule has 2 aromatic carbocycles. The molecule has 0 saturated carbocycles. The fourth-order valence-electron chi connectivity index (χ4n) is 3.17. The van der Waals surface area contributed by atoms with Gasteiger partial charge in [-0.2, -0.15) is 0 Å². The number of aryl methyl sites for hydroxylation is 2. The largest absolute Gasteiger partial charge is 0.495 e. The molecule has 2 aromatic rings. The zero-order valence-corrected chi connectivity index (χ0v) is 15.8. The highest BCUT2D eigenvalue weighted by molar-refractivity contribution is 7.89. The highest BCUT2D eigenvalue weighted by Gasteiger charge is 2.22. The van der Waals surface area contributed by atoms with Crippen molar-refractivity contribution in [2.24, 2.45) is 0 Å². The Bertz CT molecular complexity index is 848. The van der Waals surface area contributed by atoms with Gasteiger partial charge in [-0.15, -0.1) is 0 Å². The van der Waals surface area contributed by atoms with Crippen molar-refractivity contribution in [3.63, 3.8) is 0 Å². The summed E-state index contributed by atoms with van der Waals surface area (Å²) in [4.78, 5) is 0.228. The highest BCUT2D eigenvalue weighted by Crippen LogP contribution is 2.31. The van der Waals surface area contributed by atoms with Gasteiger partial charge in [0.05, 0.1) is 7.11 Å². The first-order valence-electron chi connectivity index (χ1n) is 8.43. The van der Waals surface area contributed by atoms with E-state index in [0.29, 0.717) is 23.7 Å². The number of benzene rings is 2. The van der Waals surface area contributed by atoms with E-state index in [0.717, 1.165) is 36.8 Å². The lowest BCUT2D eigenvalue weighted by atomic mass is 9.92. The number of ether oxygens (including phenoxy) is 1. The van der Waals surface area contributed by atoms with Crippen LogP contribution in [-0.4, -0.2) is 22.1 Å². The average molecular weight is 380 g/mol. The van der Waals surface area contributed by atoms with Gasteiger partial charge in [0.15, 0.2) is 0 Å². The predicted octanol–water partition coefficient (Wildman–Crippen LogP) is 3.75. The SMILES string of the molecule is COc1cc2c(cc1S(=O)(=O)NCCc1ccc(Cl)cc1)CCCC2. The van der Waals surface area contributed by atoms with Crippen LogP contribution < -0.4 is 9.46 Å². The summed E-state index contributed by atoms with van der Waals surface area (Å²) >= 11 is 5.86. The number of hydrogen-bond acceptors (Lipinski definition) is 3. The summed E-state index contributed by atoms with van der Waals surface area (Å²) in [5.74, 6) is 0.416. The van der Waals surface area contributed by atoms with Crippen LogP contribution in [0.5, 0.6) is 5.75 Å². The van der Waals surface area contributed by atoms with Crippen LogP contribution in [0, 0.1) is 0 Å². The number of methoxy groups -OCH3 is 1. The predicted molar refractivity (Wildman–Crippen MR) is 100.0 cm³/mol. The van der Waals surface area contributed by atoms with Crippen molar-refractivity contribution in [3.8, 4) is 5.75 Å². The van der Waals surface area contributed by atoms with Gasteiger partial charge in [0.2, 0.25) is 10.0 Å². The molecule has 0 aliphatic heterocycles. The van der Waals surface area contributed by atoms with Crippen LogP contribution >= 0.6 is 11.6 Å². The Morgan fingerprint density at radius 3 is 2.36 bits per heavy atom. The van der Waals surface area contributed by atoms with Gasteiger partial charge in [-0.3, -0.25) is 0 Å². The minimum atomic E-state index is -3.62. The average Bonchev–Trinajstić information content (AvgIpc) is 2.62. The van der Waals surface area contributed by atoms with Crippen molar-refractivity contribution in [1.82, 2.24) is 4.72 Å². The van der Waals surface area contributed by atoms with Crippen molar-refractivity contribution in [1.29, 1.82) is 0 Å². The van der Waals surface area contributed by atoms with Crippen LogP contribution in [0.1, 0.15) is 29.5 Å².